The van der Waals surface area contributed by atoms with Gasteiger partial charge >= 0.3 is 5.97 Å². The van der Waals surface area contributed by atoms with Gasteiger partial charge < -0.3 is 15.2 Å². The van der Waals surface area contributed by atoms with Gasteiger partial charge in [0.2, 0.25) is 0 Å². The predicted octanol–water partition coefficient (Wildman–Crippen LogP) is -0.242. The van der Waals surface area contributed by atoms with Crippen molar-refractivity contribution in [1.82, 2.24) is 5.32 Å². The van der Waals surface area contributed by atoms with E-state index in [-0.39, 0.29) is 5.91 Å². The Morgan fingerprint density at radius 3 is 2.67 bits per heavy atom. The number of carboxylic acid groups (broad SMARTS) is 1. The Kier molecular flexibility index (Phi) is 4.13. The average Bonchev–Trinajstić information content (AvgIpc) is 2.96. The van der Waals surface area contributed by atoms with Crippen LogP contribution in [0.25, 0.3) is 0 Å². The fourth-order valence-corrected chi connectivity index (χ4v) is 1.06. The number of aliphatic carboxylic acids is 1. The van der Waals surface area contributed by atoms with Crippen LogP contribution in [-0.4, -0.2) is 35.7 Å². The molecule has 0 aromatic heterocycles. The van der Waals surface area contributed by atoms with E-state index in [4.69, 9.17) is 5.11 Å². The van der Waals surface area contributed by atoms with Gasteiger partial charge in [-0.15, -0.1) is 11.8 Å². The molecule has 0 saturated carbocycles. The lowest BCUT2D eigenvalue weighted by Gasteiger charge is -1.97. The van der Waals surface area contributed by atoms with Crippen molar-refractivity contribution in [3.8, 4) is 11.8 Å². The molecule has 0 aromatic carbocycles. The molecule has 0 aliphatic carbocycles. The van der Waals surface area contributed by atoms with Gasteiger partial charge in [-0.3, -0.25) is 4.79 Å². The Morgan fingerprint density at radius 1 is 1.40 bits per heavy atom. The van der Waals surface area contributed by atoms with Crippen LogP contribution < -0.4 is 5.32 Å². The summed E-state index contributed by atoms with van der Waals surface area (Å²) in [5.41, 5.74) is 0. The molecule has 1 rings (SSSR count). The summed E-state index contributed by atoms with van der Waals surface area (Å²) in [6.07, 6.45) is -0.418. The van der Waals surface area contributed by atoms with E-state index in [9.17, 15) is 9.59 Å². The highest BCUT2D eigenvalue weighted by molar-refractivity contribution is 5.91. The molecule has 1 heterocycles. The van der Waals surface area contributed by atoms with Crippen LogP contribution in [0, 0.1) is 11.8 Å². The maximum Gasteiger partial charge on any atom is 0.336 e. The summed E-state index contributed by atoms with van der Waals surface area (Å²) in [6.45, 7) is 2.37. The zero-order chi connectivity index (χ0) is 11.3. The number of carbonyl (C=O) groups excluding carboxylic acids is 1. The first-order chi connectivity index (χ1) is 7.16. The molecule has 5 nitrogen and oxygen atoms in total. The van der Waals surface area contributed by atoms with Crippen LogP contribution in [-0.2, 0) is 14.3 Å². The zero-order valence-electron chi connectivity index (χ0n) is 8.45. The molecule has 2 unspecified atom stereocenters. The van der Waals surface area contributed by atoms with Crippen molar-refractivity contribution in [2.24, 2.45) is 0 Å². The SMILES string of the molecule is CCC#CCCNC(=O)C1OC1C(=O)O. The fraction of sp³-hybridized carbons (Fsp3) is 0.600. The van der Waals surface area contributed by atoms with Gasteiger partial charge in [0.15, 0.2) is 12.2 Å². The lowest BCUT2D eigenvalue weighted by Crippen LogP contribution is -2.30. The highest BCUT2D eigenvalue weighted by Crippen LogP contribution is 2.21. The third-order valence-electron chi connectivity index (χ3n) is 1.84. The van der Waals surface area contributed by atoms with Crippen LogP contribution in [0.2, 0.25) is 0 Å². The molecule has 1 amide bonds. The second-order valence-corrected chi connectivity index (χ2v) is 3.06. The number of rotatable bonds is 4. The van der Waals surface area contributed by atoms with Gasteiger partial charge in [-0.1, -0.05) is 6.92 Å². The number of amides is 1. The van der Waals surface area contributed by atoms with Crippen molar-refractivity contribution >= 4 is 11.9 Å². The summed E-state index contributed by atoms with van der Waals surface area (Å²) in [7, 11) is 0. The number of epoxide rings is 1. The summed E-state index contributed by atoms with van der Waals surface area (Å²) in [4.78, 5) is 21.6. The molecule has 15 heavy (non-hydrogen) atoms. The summed E-state index contributed by atoms with van der Waals surface area (Å²) in [6, 6.07) is 0. The Bertz CT molecular complexity index is 315. The van der Waals surface area contributed by atoms with E-state index in [1.807, 2.05) is 6.92 Å². The number of nitrogens with one attached hydrogen (secondary N) is 1. The number of ether oxygens (including phenoxy) is 1. The third kappa shape index (κ3) is 3.60. The third-order valence-corrected chi connectivity index (χ3v) is 1.84. The van der Waals surface area contributed by atoms with Crippen molar-refractivity contribution in [2.45, 2.75) is 32.0 Å². The maximum absolute atomic E-state index is 11.2. The van der Waals surface area contributed by atoms with Gasteiger partial charge in [0.05, 0.1) is 0 Å². The van der Waals surface area contributed by atoms with E-state index >= 15 is 0 Å². The standard InChI is InChI=1S/C10H13NO4/c1-2-3-4-5-6-11-9(12)7-8(15-7)10(13)14/h7-8H,2,5-6H2,1H3,(H,11,12)(H,13,14). The topological polar surface area (TPSA) is 78.9 Å². The molecular weight excluding hydrogens is 198 g/mol. The van der Waals surface area contributed by atoms with Crippen LogP contribution in [0.15, 0.2) is 0 Å². The molecule has 0 spiro atoms. The van der Waals surface area contributed by atoms with Crippen molar-refractivity contribution in [3.63, 3.8) is 0 Å². The zero-order valence-corrected chi connectivity index (χ0v) is 8.45. The first kappa shape index (κ1) is 11.5. The van der Waals surface area contributed by atoms with E-state index in [1.54, 1.807) is 0 Å². The lowest BCUT2D eigenvalue weighted by molar-refractivity contribution is -0.138. The molecule has 1 aliphatic rings. The van der Waals surface area contributed by atoms with E-state index in [2.05, 4.69) is 21.9 Å². The second-order valence-electron chi connectivity index (χ2n) is 3.06. The van der Waals surface area contributed by atoms with Gasteiger partial charge in [0.25, 0.3) is 5.91 Å². The minimum absolute atomic E-state index is 0.374. The highest BCUT2D eigenvalue weighted by atomic mass is 16.6. The Hall–Kier alpha value is -1.54. The summed E-state index contributed by atoms with van der Waals surface area (Å²) < 4.78 is 4.67. The van der Waals surface area contributed by atoms with Crippen LogP contribution in [0.4, 0.5) is 0 Å². The molecule has 5 heteroatoms. The fourth-order valence-electron chi connectivity index (χ4n) is 1.06. The average molecular weight is 211 g/mol. The molecule has 82 valence electrons. The lowest BCUT2D eigenvalue weighted by atomic mass is 10.3. The van der Waals surface area contributed by atoms with Crippen molar-refractivity contribution in [3.05, 3.63) is 0 Å². The van der Waals surface area contributed by atoms with Gasteiger partial charge in [-0.05, 0) is 0 Å². The predicted molar refractivity (Wildman–Crippen MR) is 52.0 cm³/mol. The molecule has 2 N–H and O–H groups in total. The maximum atomic E-state index is 11.2. The number of carbonyl (C=O) groups is 2. The van der Waals surface area contributed by atoms with E-state index in [0.717, 1.165) is 6.42 Å². The monoisotopic (exact) mass is 211 g/mol. The first-order valence-corrected chi connectivity index (χ1v) is 4.78. The van der Waals surface area contributed by atoms with E-state index < -0.39 is 18.2 Å². The van der Waals surface area contributed by atoms with Crippen molar-refractivity contribution < 1.29 is 19.4 Å². The van der Waals surface area contributed by atoms with Crippen molar-refractivity contribution in [1.29, 1.82) is 0 Å². The molecule has 2 atom stereocenters. The Labute approximate surface area is 87.8 Å². The summed E-state index contributed by atoms with van der Waals surface area (Å²) in [5.74, 6) is 4.26. The molecule has 1 saturated heterocycles. The smallest absolute Gasteiger partial charge is 0.336 e. The first-order valence-electron chi connectivity index (χ1n) is 4.78. The minimum atomic E-state index is -1.10. The Morgan fingerprint density at radius 2 is 2.13 bits per heavy atom. The van der Waals surface area contributed by atoms with Crippen LogP contribution in [0.3, 0.4) is 0 Å². The van der Waals surface area contributed by atoms with Gasteiger partial charge in [0.1, 0.15) is 0 Å². The largest absolute Gasteiger partial charge is 0.479 e. The second kappa shape index (κ2) is 5.37. The Balaban J connectivity index is 2.13. The molecule has 0 radical (unpaired) electrons. The van der Waals surface area contributed by atoms with Crippen LogP contribution in [0.5, 0.6) is 0 Å². The molecule has 1 fully saturated rings. The van der Waals surface area contributed by atoms with E-state index in [0.29, 0.717) is 13.0 Å². The van der Waals surface area contributed by atoms with Gasteiger partial charge in [0, 0.05) is 19.4 Å². The molecular formula is C10H13NO4. The number of hydrogen-bond donors (Lipinski definition) is 2. The quantitative estimate of drug-likeness (QED) is 0.382. The van der Waals surface area contributed by atoms with Crippen molar-refractivity contribution in [2.75, 3.05) is 6.54 Å². The normalized spacial score (nSPS) is 22.5. The van der Waals surface area contributed by atoms with Gasteiger partial charge in [-0.2, -0.15) is 0 Å². The van der Waals surface area contributed by atoms with Gasteiger partial charge in [-0.25, -0.2) is 4.79 Å². The number of hydrogen-bond acceptors (Lipinski definition) is 3. The van der Waals surface area contributed by atoms with Crippen LogP contribution >= 0.6 is 0 Å². The minimum Gasteiger partial charge on any atom is -0.479 e. The highest BCUT2D eigenvalue weighted by Gasteiger charge is 2.50. The summed E-state index contributed by atoms with van der Waals surface area (Å²) >= 11 is 0. The molecule has 1 aliphatic heterocycles. The number of carboxylic acids is 1. The molecule has 0 aromatic rings. The van der Waals surface area contributed by atoms with E-state index in [1.165, 1.54) is 0 Å². The molecule has 0 bridgehead atoms. The summed E-state index contributed by atoms with van der Waals surface area (Å²) in [5, 5.41) is 11.0. The van der Waals surface area contributed by atoms with Crippen LogP contribution in [0.1, 0.15) is 19.8 Å².